The Morgan fingerprint density at radius 2 is 1.95 bits per heavy atom. The summed E-state index contributed by atoms with van der Waals surface area (Å²) in [6.45, 7) is 1.69. The highest BCUT2D eigenvalue weighted by Crippen LogP contribution is 2.30. The number of nitrogens with zero attached hydrogens (tertiary/aromatic N) is 1. The van der Waals surface area contributed by atoms with Gasteiger partial charge in [-0.15, -0.1) is 0 Å². The van der Waals surface area contributed by atoms with Gasteiger partial charge in [-0.05, 0) is 43.9 Å². The minimum absolute atomic E-state index is 0.153. The van der Waals surface area contributed by atoms with Crippen LogP contribution in [0.5, 0.6) is 0 Å². The smallest absolute Gasteiger partial charge is 0.261 e. The number of benzene rings is 1. The number of carbonyl (C=O) groups excluding carboxylic acids is 1. The van der Waals surface area contributed by atoms with Crippen molar-refractivity contribution in [3.63, 3.8) is 0 Å². The lowest BCUT2D eigenvalue weighted by atomic mass is 9.91. The zero-order valence-electron chi connectivity index (χ0n) is 11.2. The van der Waals surface area contributed by atoms with Crippen LogP contribution in [0.25, 0.3) is 0 Å². The molecule has 0 N–H and O–H groups in total. The third kappa shape index (κ3) is 2.95. The molecule has 0 aromatic heterocycles. The van der Waals surface area contributed by atoms with Gasteiger partial charge in [0.05, 0.1) is 4.90 Å². The first kappa shape index (κ1) is 15.6. The highest BCUT2D eigenvalue weighted by molar-refractivity contribution is 8.13. The van der Waals surface area contributed by atoms with E-state index < -0.39 is 9.05 Å². The molecule has 1 amide bonds. The van der Waals surface area contributed by atoms with Crippen LogP contribution >= 0.6 is 22.3 Å². The second-order valence-corrected chi connectivity index (χ2v) is 7.99. The van der Waals surface area contributed by atoms with E-state index in [1.54, 1.807) is 18.9 Å². The van der Waals surface area contributed by atoms with Crippen molar-refractivity contribution >= 4 is 37.2 Å². The van der Waals surface area contributed by atoms with Crippen LogP contribution in [0.3, 0.4) is 0 Å². The molecule has 1 aliphatic carbocycles. The van der Waals surface area contributed by atoms with Crippen LogP contribution in [0.15, 0.2) is 17.0 Å². The van der Waals surface area contributed by atoms with Gasteiger partial charge < -0.3 is 4.90 Å². The molecule has 0 bridgehead atoms. The third-order valence-corrected chi connectivity index (χ3v) is 5.50. The molecule has 1 saturated carbocycles. The van der Waals surface area contributed by atoms with E-state index >= 15 is 0 Å². The number of rotatable bonds is 3. The predicted molar refractivity (Wildman–Crippen MR) is 79.0 cm³/mol. The summed E-state index contributed by atoms with van der Waals surface area (Å²) >= 11 is 6.01. The Labute approximate surface area is 128 Å². The molecule has 1 aliphatic rings. The Kier molecular flexibility index (Phi) is 4.33. The lowest BCUT2D eigenvalue weighted by molar-refractivity contribution is 0.0651. The Morgan fingerprint density at radius 3 is 2.40 bits per heavy atom. The summed E-state index contributed by atoms with van der Waals surface area (Å²) in [4.78, 5) is 14.0. The van der Waals surface area contributed by atoms with Gasteiger partial charge in [-0.2, -0.15) is 0 Å². The summed E-state index contributed by atoms with van der Waals surface area (Å²) in [6, 6.07) is 2.78. The summed E-state index contributed by atoms with van der Waals surface area (Å²) < 4.78 is 22.8. The molecule has 0 saturated heterocycles. The maximum atomic E-state index is 12.5. The Morgan fingerprint density at radius 1 is 1.35 bits per heavy atom. The molecule has 0 heterocycles. The average Bonchev–Trinajstić information content (AvgIpc) is 2.27. The van der Waals surface area contributed by atoms with Crippen molar-refractivity contribution < 1.29 is 13.2 Å². The first-order valence-corrected chi connectivity index (χ1v) is 8.92. The molecular weight excluding hydrogens is 321 g/mol. The molecule has 110 valence electrons. The minimum Gasteiger partial charge on any atom is -0.339 e. The van der Waals surface area contributed by atoms with Gasteiger partial charge in [0.25, 0.3) is 15.0 Å². The Hall–Kier alpha value is -0.780. The minimum atomic E-state index is -3.92. The number of halogens is 2. The molecule has 20 heavy (non-hydrogen) atoms. The van der Waals surface area contributed by atoms with E-state index in [-0.39, 0.29) is 27.4 Å². The SMILES string of the molecule is Cc1c(Cl)cc(S(=O)(=O)Cl)cc1C(=O)N(C)C1CCC1. The fourth-order valence-corrected chi connectivity index (χ4v) is 3.22. The Balaban J connectivity index is 2.44. The Bertz CT molecular complexity index is 654. The highest BCUT2D eigenvalue weighted by atomic mass is 35.7. The van der Waals surface area contributed by atoms with Gasteiger partial charge in [-0.1, -0.05) is 11.6 Å². The zero-order valence-corrected chi connectivity index (χ0v) is 13.5. The second kappa shape index (κ2) is 5.54. The molecule has 0 radical (unpaired) electrons. The fraction of sp³-hybridized carbons (Fsp3) is 0.462. The van der Waals surface area contributed by atoms with E-state index in [1.807, 2.05) is 0 Å². The van der Waals surface area contributed by atoms with Gasteiger partial charge in [0.15, 0.2) is 0 Å². The van der Waals surface area contributed by atoms with Crippen LogP contribution in [0, 0.1) is 6.92 Å². The summed E-state index contributed by atoms with van der Waals surface area (Å²) in [6.07, 6.45) is 3.06. The molecule has 2 rings (SSSR count). The van der Waals surface area contributed by atoms with Crippen LogP contribution in [0.2, 0.25) is 5.02 Å². The van der Waals surface area contributed by atoms with Crippen LogP contribution in [-0.2, 0) is 9.05 Å². The number of hydrogen-bond donors (Lipinski definition) is 0. The van der Waals surface area contributed by atoms with E-state index in [0.717, 1.165) is 19.3 Å². The third-order valence-electron chi connectivity index (χ3n) is 3.77. The maximum Gasteiger partial charge on any atom is 0.261 e. The zero-order chi connectivity index (χ0) is 15.1. The van der Waals surface area contributed by atoms with E-state index in [0.29, 0.717) is 5.56 Å². The largest absolute Gasteiger partial charge is 0.339 e. The van der Waals surface area contributed by atoms with Crippen molar-refractivity contribution in [1.82, 2.24) is 4.90 Å². The first-order chi connectivity index (χ1) is 9.21. The van der Waals surface area contributed by atoms with Crippen LogP contribution < -0.4 is 0 Å². The molecule has 1 aromatic carbocycles. The van der Waals surface area contributed by atoms with Crippen molar-refractivity contribution in [3.8, 4) is 0 Å². The molecular formula is C13H15Cl2NO3S. The molecule has 4 nitrogen and oxygen atoms in total. The van der Waals surface area contributed by atoms with Crippen molar-refractivity contribution in [2.45, 2.75) is 37.1 Å². The average molecular weight is 336 g/mol. The summed E-state index contributed by atoms with van der Waals surface area (Å²) in [5.41, 5.74) is 0.845. The number of amides is 1. The van der Waals surface area contributed by atoms with Gasteiger partial charge in [0, 0.05) is 34.4 Å². The molecule has 7 heteroatoms. The van der Waals surface area contributed by atoms with Crippen molar-refractivity contribution in [1.29, 1.82) is 0 Å². The van der Waals surface area contributed by atoms with Crippen LogP contribution in [-0.4, -0.2) is 32.3 Å². The van der Waals surface area contributed by atoms with E-state index in [4.69, 9.17) is 22.3 Å². The lowest BCUT2D eigenvalue weighted by Gasteiger charge is -2.35. The fourth-order valence-electron chi connectivity index (χ4n) is 2.15. The lowest BCUT2D eigenvalue weighted by Crippen LogP contribution is -2.41. The van der Waals surface area contributed by atoms with Crippen LogP contribution in [0.1, 0.15) is 35.2 Å². The number of carbonyl (C=O) groups is 1. The van der Waals surface area contributed by atoms with E-state index in [9.17, 15) is 13.2 Å². The summed E-state index contributed by atoms with van der Waals surface area (Å²) in [5, 5.41) is 0.220. The normalized spacial score (nSPS) is 15.8. The van der Waals surface area contributed by atoms with Crippen molar-refractivity contribution in [3.05, 3.63) is 28.3 Å². The van der Waals surface area contributed by atoms with E-state index in [2.05, 4.69) is 0 Å². The quantitative estimate of drug-likeness (QED) is 0.797. The van der Waals surface area contributed by atoms with Gasteiger partial charge in [-0.3, -0.25) is 4.79 Å². The van der Waals surface area contributed by atoms with Gasteiger partial charge in [0.1, 0.15) is 0 Å². The maximum absolute atomic E-state index is 12.5. The monoisotopic (exact) mass is 335 g/mol. The molecule has 1 aromatic rings. The summed E-state index contributed by atoms with van der Waals surface area (Å²) in [5.74, 6) is -0.226. The van der Waals surface area contributed by atoms with Gasteiger partial charge >= 0.3 is 0 Å². The molecule has 1 fully saturated rings. The van der Waals surface area contributed by atoms with Crippen molar-refractivity contribution in [2.75, 3.05) is 7.05 Å². The molecule has 0 spiro atoms. The van der Waals surface area contributed by atoms with Gasteiger partial charge in [-0.25, -0.2) is 8.42 Å². The van der Waals surface area contributed by atoms with Crippen LogP contribution in [0.4, 0.5) is 0 Å². The second-order valence-electron chi connectivity index (χ2n) is 5.02. The van der Waals surface area contributed by atoms with E-state index in [1.165, 1.54) is 12.1 Å². The highest BCUT2D eigenvalue weighted by Gasteiger charge is 2.28. The standard InChI is InChI=1S/C13H15Cl2NO3S/c1-8-11(13(17)16(2)9-4-3-5-9)6-10(7-12(8)14)20(15,18)19/h6-7,9H,3-5H2,1-2H3. The molecule has 0 unspecified atom stereocenters. The summed E-state index contributed by atoms with van der Waals surface area (Å²) in [7, 11) is 3.13. The topological polar surface area (TPSA) is 54.5 Å². The first-order valence-electron chi connectivity index (χ1n) is 6.24. The molecule has 0 atom stereocenters. The number of hydrogen-bond acceptors (Lipinski definition) is 3. The predicted octanol–water partition coefficient (Wildman–Crippen LogP) is 3.20. The van der Waals surface area contributed by atoms with Crippen molar-refractivity contribution in [2.24, 2.45) is 0 Å². The van der Waals surface area contributed by atoms with Gasteiger partial charge in [0.2, 0.25) is 0 Å². The molecule has 0 aliphatic heterocycles.